The molecule has 0 aliphatic carbocycles. The largest absolute Gasteiger partial charge is 0.468 e. The predicted molar refractivity (Wildman–Crippen MR) is 68.4 cm³/mol. The van der Waals surface area contributed by atoms with E-state index in [-0.39, 0.29) is 17.7 Å². The van der Waals surface area contributed by atoms with Crippen LogP contribution in [0.2, 0.25) is 0 Å². The van der Waals surface area contributed by atoms with Gasteiger partial charge >= 0.3 is 5.97 Å². The van der Waals surface area contributed by atoms with Crippen LogP contribution in [0.25, 0.3) is 0 Å². The number of carbonyl (C=O) groups is 1. The summed E-state index contributed by atoms with van der Waals surface area (Å²) < 4.78 is 17.7. The van der Waals surface area contributed by atoms with Gasteiger partial charge in [0.25, 0.3) is 0 Å². The minimum atomic E-state index is -0.476. The zero-order valence-electron chi connectivity index (χ0n) is 10.7. The van der Waals surface area contributed by atoms with E-state index in [1.807, 2.05) is 6.92 Å². The zero-order chi connectivity index (χ0) is 13.5. The number of halogens is 1. The Hall–Kier alpha value is -1.68. The molecule has 0 heterocycles. The SMILES string of the molecule is C=C[C@@H](C)[C@H](NCc1cccc(F)c1)C(=O)OC. The van der Waals surface area contributed by atoms with Crippen molar-refractivity contribution in [2.24, 2.45) is 5.92 Å². The Bertz CT molecular complexity index is 420. The Morgan fingerprint density at radius 1 is 1.61 bits per heavy atom. The van der Waals surface area contributed by atoms with Gasteiger partial charge in [0.1, 0.15) is 11.9 Å². The molecule has 0 saturated carbocycles. The second-order valence-corrected chi connectivity index (χ2v) is 4.11. The van der Waals surface area contributed by atoms with E-state index in [2.05, 4.69) is 11.9 Å². The standard InChI is InChI=1S/C14H18FNO2/c1-4-10(2)13(14(17)18-3)16-9-11-6-5-7-12(15)8-11/h4-8,10,13,16H,1,9H2,2-3H3/t10-,13+/m1/s1. The molecule has 0 unspecified atom stereocenters. The summed E-state index contributed by atoms with van der Waals surface area (Å²) in [5, 5.41) is 3.05. The Morgan fingerprint density at radius 3 is 2.89 bits per heavy atom. The van der Waals surface area contributed by atoms with E-state index in [9.17, 15) is 9.18 Å². The van der Waals surface area contributed by atoms with Crippen molar-refractivity contribution in [3.05, 3.63) is 48.3 Å². The highest BCUT2D eigenvalue weighted by Crippen LogP contribution is 2.09. The maximum atomic E-state index is 13.0. The predicted octanol–water partition coefficient (Wildman–Crippen LogP) is 2.28. The number of ether oxygens (including phenoxy) is 1. The third-order valence-electron chi connectivity index (χ3n) is 2.77. The first-order valence-electron chi connectivity index (χ1n) is 5.76. The maximum absolute atomic E-state index is 13.0. The fourth-order valence-electron chi connectivity index (χ4n) is 1.62. The van der Waals surface area contributed by atoms with Gasteiger partial charge in [-0.05, 0) is 23.6 Å². The highest BCUT2D eigenvalue weighted by atomic mass is 19.1. The summed E-state index contributed by atoms with van der Waals surface area (Å²) in [4.78, 5) is 11.6. The molecule has 18 heavy (non-hydrogen) atoms. The van der Waals surface area contributed by atoms with Crippen molar-refractivity contribution in [2.45, 2.75) is 19.5 Å². The van der Waals surface area contributed by atoms with Crippen molar-refractivity contribution in [3.8, 4) is 0 Å². The quantitative estimate of drug-likeness (QED) is 0.622. The number of hydrogen-bond acceptors (Lipinski definition) is 3. The summed E-state index contributed by atoms with van der Waals surface area (Å²) in [6, 6.07) is 5.77. The van der Waals surface area contributed by atoms with Gasteiger partial charge in [0.2, 0.25) is 0 Å². The summed E-state index contributed by atoms with van der Waals surface area (Å²) in [5.41, 5.74) is 0.778. The molecular formula is C14H18FNO2. The molecule has 0 aliphatic rings. The lowest BCUT2D eigenvalue weighted by atomic mass is 10.0. The number of hydrogen-bond donors (Lipinski definition) is 1. The number of rotatable bonds is 6. The first kappa shape index (κ1) is 14.4. The number of esters is 1. The van der Waals surface area contributed by atoms with Crippen LogP contribution < -0.4 is 5.32 Å². The molecule has 3 nitrogen and oxygen atoms in total. The van der Waals surface area contributed by atoms with Crippen molar-refractivity contribution in [3.63, 3.8) is 0 Å². The van der Waals surface area contributed by atoms with Crippen molar-refractivity contribution < 1.29 is 13.9 Å². The third-order valence-corrected chi connectivity index (χ3v) is 2.77. The van der Waals surface area contributed by atoms with Gasteiger partial charge in [0.05, 0.1) is 7.11 Å². The number of benzene rings is 1. The van der Waals surface area contributed by atoms with E-state index in [1.54, 1.807) is 18.2 Å². The van der Waals surface area contributed by atoms with Gasteiger partial charge in [0.15, 0.2) is 0 Å². The highest BCUT2D eigenvalue weighted by Gasteiger charge is 2.23. The van der Waals surface area contributed by atoms with E-state index < -0.39 is 6.04 Å². The van der Waals surface area contributed by atoms with Crippen LogP contribution in [0.5, 0.6) is 0 Å². The molecule has 0 saturated heterocycles. The van der Waals surface area contributed by atoms with Gasteiger partial charge in [-0.3, -0.25) is 10.1 Å². The van der Waals surface area contributed by atoms with E-state index in [0.717, 1.165) is 5.56 Å². The second-order valence-electron chi connectivity index (χ2n) is 4.11. The van der Waals surface area contributed by atoms with Crippen molar-refractivity contribution >= 4 is 5.97 Å². The third kappa shape index (κ3) is 3.96. The normalized spacial score (nSPS) is 13.7. The van der Waals surface area contributed by atoms with Crippen LogP contribution >= 0.6 is 0 Å². The number of carbonyl (C=O) groups excluding carboxylic acids is 1. The number of nitrogens with one attached hydrogen (secondary N) is 1. The lowest BCUT2D eigenvalue weighted by molar-refractivity contribution is -0.144. The van der Waals surface area contributed by atoms with E-state index in [4.69, 9.17) is 4.74 Å². The topological polar surface area (TPSA) is 38.3 Å². The Balaban J connectivity index is 2.67. The van der Waals surface area contributed by atoms with Crippen LogP contribution in [-0.4, -0.2) is 19.1 Å². The van der Waals surface area contributed by atoms with E-state index in [1.165, 1.54) is 19.2 Å². The first-order chi connectivity index (χ1) is 8.58. The summed E-state index contributed by atoms with van der Waals surface area (Å²) >= 11 is 0. The molecule has 4 heteroatoms. The van der Waals surface area contributed by atoms with Gasteiger partial charge in [-0.1, -0.05) is 25.1 Å². The first-order valence-corrected chi connectivity index (χ1v) is 5.76. The summed E-state index contributed by atoms with van der Waals surface area (Å²) in [6.45, 7) is 5.93. The van der Waals surface area contributed by atoms with Crippen LogP contribution in [0.1, 0.15) is 12.5 Å². The minimum absolute atomic E-state index is 0.0639. The van der Waals surface area contributed by atoms with E-state index >= 15 is 0 Å². The second kappa shape index (κ2) is 6.91. The average Bonchev–Trinajstić information content (AvgIpc) is 2.38. The van der Waals surface area contributed by atoms with Crippen LogP contribution in [0.15, 0.2) is 36.9 Å². The molecule has 1 aromatic rings. The Kier molecular flexibility index (Phi) is 5.52. The monoisotopic (exact) mass is 251 g/mol. The molecule has 0 fully saturated rings. The summed E-state index contributed by atoms with van der Waals surface area (Å²) in [6.07, 6.45) is 1.68. The Morgan fingerprint density at radius 2 is 2.33 bits per heavy atom. The molecule has 0 aliphatic heterocycles. The molecule has 1 aromatic carbocycles. The lowest BCUT2D eigenvalue weighted by Crippen LogP contribution is -2.41. The van der Waals surface area contributed by atoms with Crippen LogP contribution in [0.4, 0.5) is 4.39 Å². The van der Waals surface area contributed by atoms with Crippen LogP contribution in [0, 0.1) is 11.7 Å². The van der Waals surface area contributed by atoms with Gasteiger partial charge in [-0.15, -0.1) is 6.58 Å². The van der Waals surface area contributed by atoms with E-state index in [0.29, 0.717) is 6.54 Å². The molecule has 0 aromatic heterocycles. The number of methoxy groups -OCH3 is 1. The molecule has 98 valence electrons. The van der Waals surface area contributed by atoms with Gasteiger partial charge in [-0.2, -0.15) is 0 Å². The molecule has 0 amide bonds. The van der Waals surface area contributed by atoms with Crippen molar-refractivity contribution in [1.82, 2.24) is 5.32 Å². The fourth-order valence-corrected chi connectivity index (χ4v) is 1.62. The highest BCUT2D eigenvalue weighted by molar-refractivity contribution is 5.76. The lowest BCUT2D eigenvalue weighted by Gasteiger charge is -2.20. The van der Waals surface area contributed by atoms with Crippen molar-refractivity contribution in [1.29, 1.82) is 0 Å². The van der Waals surface area contributed by atoms with Crippen LogP contribution in [0.3, 0.4) is 0 Å². The molecule has 1 N–H and O–H groups in total. The average molecular weight is 251 g/mol. The smallest absolute Gasteiger partial charge is 0.323 e. The molecule has 1 rings (SSSR count). The molecule has 0 spiro atoms. The minimum Gasteiger partial charge on any atom is -0.468 e. The fraction of sp³-hybridized carbons (Fsp3) is 0.357. The molecular weight excluding hydrogens is 233 g/mol. The van der Waals surface area contributed by atoms with Crippen molar-refractivity contribution in [2.75, 3.05) is 7.11 Å². The van der Waals surface area contributed by atoms with Gasteiger partial charge in [-0.25, -0.2) is 4.39 Å². The molecule has 0 radical (unpaired) electrons. The van der Waals surface area contributed by atoms with Gasteiger partial charge in [0, 0.05) is 6.54 Å². The van der Waals surface area contributed by atoms with Crippen LogP contribution in [-0.2, 0) is 16.1 Å². The summed E-state index contributed by atoms with van der Waals surface area (Å²) in [5.74, 6) is -0.703. The zero-order valence-corrected chi connectivity index (χ0v) is 10.7. The maximum Gasteiger partial charge on any atom is 0.323 e. The molecule has 0 bridgehead atoms. The Labute approximate surface area is 107 Å². The molecule has 2 atom stereocenters. The summed E-state index contributed by atoms with van der Waals surface area (Å²) in [7, 11) is 1.34. The van der Waals surface area contributed by atoms with Gasteiger partial charge < -0.3 is 4.74 Å².